The molecule has 1 N–H and O–H groups in total. The van der Waals surface area contributed by atoms with Crippen LogP contribution in [0, 0.1) is 5.92 Å². The molecular formula is C25H24ClNO6. The molecule has 0 spiro atoms. The van der Waals surface area contributed by atoms with Gasteiger partial charge < -0.3 is 19.2 Å². The summed E-state index contributed by atoms with van der Waals surface area (Å²) in [5.41, 5.74) is 1.21. The zero-order chi connectivity index (χ0) is 23.5. The summed E-state index contributed by atoms with van der Waals surface area (Å²) in [5.74, 6) is -0.464. The average Bonchev–Trinajstić information content (AvgIpc) is 2.78. The van der Waals surface area contributed by atoms with Gasteiger partial charge in [-0.15, -0.1) is 0 Å². The molecular weight excluding hydrogens is 446 g/mol. The Kier molecular flexibility index (Phi) is 6.70. The van der Waals surface area contributed by atoms with E-state index in [1.807, 2.05) is 18.2 Å². The minimum atomic E-state index is -0.808. The van der Waals surface area contributed by atoms with Crippen molar-refractivity contribution < 1.29 is 23.8 Å². The van der Waals surface area contributed by atoms with Crippen LogP contribution in [0.4, 0.5) is 0 Å². The highest BCUT2D eigenvalue weighted by Gasteiger charge is 2.28. The molecule has 172 valence electrons. The third kappa shape index (κ3) is 5.20. The van der Waals surface area contributed by atoms with Gasteiger partial charge in [-0.05, 0) is 43.9 Å². The number of carboxylic acids is 1. The number of amides is 1. The van der Waals surface area contributed by atoms with Crippen LogP contribution in [0.15, 0.2) is 57.7 Å². The van der Waals surface area contributed by atoms with Crippen molar-refractivity contribution >= 4 is 34.4 Å². The Labute approximate surface area is 195 Å². The van der Waals surface area contributed by atoms with E-state index in [0.29, 0.717) is 53.2 Å². The van der Waals surface area contributed by atoms with Gasteiger partial charge in [0.15, 0.2) is 6.10 Å². The van der Waals surface area contributed by atoms with E-state index in [1.54, 1.807) is 36.1 Å². The largest absolute Gasteiger partial charge is 0.481 e. The molecule has 1 aliphatic heterocycles. The van der Waals surface area contributed by atoms with Gasteiger partial charge in [-0.2, -0.15) is 0 Å². The number of likely N-dealkylation sites (tertiary alicyclic amines) is 1. The SMILES string of the molecule is CC(Oc1ccc2c(-c3ccccc3Cl)cc(=O)oc2c1)C(=O)N1CCC(CC(=O)O)CC1. The molecule has 1 amide bonds. The summed E-state index contributed by atoms with van der Waals surface area (Å²) in [7, 11) is 0. The van der Waals surface area contributed by atoms with Gasteiger partial charge in [0.1, 0.15) is 11.3 Å². The molecule has 3 aromatic rings. The first-order chi connectivity index (χ1) is 15.8. The Hall–Kier alpha value is -3.32. The zero-order valence-electron chi connectivity index (χ0n) is 18.1. The molecule has 33 heavy (non-hydrogen) atoms. The lowest BCUT2D eigenvalue weighted by Crippen LogP contribution is -2.45. The summed E-state index contributed by atoms with van der Waals surface area (Å²) < 4.78 is 11.2. The van der Waals surface area contributed by atoms with Crippen LogP contribution in [0.2, 0.25) is 5.02 Å². The fourth-order valence-electron chi connectivity index (χ4n) is 4.23. The number of hydrogen-bond donors (Lipinski definition) is 1. The van der Waals surface area contributed by atoms with Crippen molar-refractivity contribution in [1.82, 2.24) is 4.90 Å². The third-order valence-corrected chi connectivity index (χ3v) is 6.26. The van der Waals surface area contributed by atoms with Crippen LogP contribution in [-0.4, -0.2) is 41.1 Å². The molecule has 1 saturated heterocycles. The Morgan fingerprint density at radius 3 is 2.58 bits per heavy atom. The number of halogens is 1. The highest BCUT2D eigenvalue weighted by Crippen LogP contribution is 2.34. The fraction of sp³-hybridized carbons (Fsp3) is 0.320. The summed E-state index contributed by atoms with van der Waals surface area (Å²) in [5, 5.41) is 10.2. The second-order valence-electron chi connectivity index (χ2n) is 8.24. The predicted octanol–water partition coefficient (Wildman–Crippen LogP) is 4.59. The normalized spacial score (nSPS) is 15.4. The molecule has 0 radical (unpaired) electrons. The number of piperidine rings is 1. The van der Waals surface area contributed by atoms with Crippen molar-refractivity contribution in [3.05, 3.63) is 64.0 Å². The number of benzene rings is 2. The van der Waals surface area contributed by atoms with Gasteiger partial charge >= 0.3 is 11.6 Å². The molecule has 2 aromatic carbocycles. The summed E-state index contributed by atoms with van der Waals surface area (Å²) in [6.45, 7) is 2.70. The lowest BCUT2D eigenvalue weighted by molar-refractivity contribution is -0.140. The molecule has 1 aromatic heterocycles. The van der Waals surface area contributed by atoms with Crippen molar-refractivity contribution in [3.8, 4) is 16.9 Å². The van der Waals surface area contributed by atoms with Crippen molar-refractivity contribution in [2.45, 2.75) is 32.3 Å². The van der Waals surface area contributed by atoms with Crippen LogP contribution < -0.4 is 10.4 Å². The molecule has 4 rings (SSSR count). The number of rotatable bonds is 6. The second-order valence-corrected chi connectivity index (χ2v) is 8.65. The molecule has 8 heteroatoms. The predicted molar refractivity (Wildman–Crippen MR) is 125 cm³/mol. The van der Waals surface area contributed by atoms with E-state index in [1.165, 1.54) is 6.07 Å². The number of carbonyl (C=O) groups excluding carboxylic acids is 1. The van der Waals surface area contributed by atoms with Gasteiger partial charge in [0.05, 0.1) is 0 Å². The summed E-state index contributed by atoms with van der Waals surface area (Å²) in [4.78, 5) is 37.6. The van der Waals surface area contributed by atoms with Crippen LogP contribution in [0.25, 0.3) is 22.1 Å². The summed E-state index contributed by atoms with van der Waals surface area (Å²) in [6, 6.07) is 13.8. The molecule has 7 nitrogen and oxygen atoms in total. The Bertz CT molecular complexity index is 1250. The first-order valence-corrected chi connectivity index (χ1v) is 11.2. The van der Waals surface area contributed by atoms with E-state index < -0.39 is 17.7 Å². The third-order valence-electron chi connectivity index (χ3n) is 5.93. The van der Waals surface area contributed by atoms with Crippen LogP contribution in [0.3, 0.4) is 0 Å². The van der Waals surface area contributed by atoms with E-state index in [0.717, 1.165) is 5.56 Å². The number of fused-ring (bicyclic) bond motifs is 1. The minimum Gasteiger partial charge on any atom is -0.481 e. The Morgan fingerprint density at radius 1 is 1.15 bits per heavy atom. The number of nitrogens with zero attached hydrogens (tertiary/aromatic N) is 1. The monoisotopic (exact) mass is 469 g/mol. The Morgan fingerprint density at radius 2 is 1.88 bits per heavy atom. The quantitative estimate of drug-likeness (QED) is 0.530. The fourth-order valence-corrected chi connectivity index (χ4v) is 4.47. The molecule has 1 fully saturated rings. The van der Waals surface area contributed by atoms with Crippen molar-refractivity contribution in [1.29, 1.82) is 0 Å². The van der Waals surface area contributed by atoms with E-state index in [4.69, 9.17) is 25.9 Å². The molecule has 2 heterocycles. The van der Waals surface area contributed by atoms with Crippen molar-refractivity contribution in [3.63, 3.8) is 0 Å². The molecule has 1 unspecified atom stereocenters. The molecule has 0 bridgehead atoms. The number of ether oxygens (including phenoxy) is 1. The van der Waals surface area contributed by atoms with Crippen molar-refractivity contribution in [2.24, 2.45) is 5.92 Å². The summed E-state index contributed by atoms with van der Waals surface area (Å²) in [6.07, 6.45) is 0.719. The average molecular weight is 470 g/mol. The van der Waals surface area contributed by atoms with Gasteiger partial charge in [-0.25, -0.2) is 4.79 Å². The highest BCUT2D eigenvalue weighted by molar-refractivity contribution is 6.33. The number of carbonyl (C=O) groups is 2. The first-order valence-electron chi connectivity index (χ1n) is 10.8. The number of hydrogen-bond acceptors (Lipinski definition) is 5. The topological polar surface area (TPSA) is 97.0 Å². The van der Waals surface area contributed by atoms with Crippen LogP contribution in [0.1, 0.15) is 26.2 Å². The first kappa shape index (κ1) is 22.9. The van der Waals surface area contributed by atoms with Gasteiger partial charge in [-0.1, -0.05) is 29.8 Å². The standard InChI is InChI=1S/C25H24ClNO6/c1-15(25(31)27-10-8-16(9-11-27)12-23(28)29)32-17-6-7-19-20(14-24(30)33-22(19)13-17)18-4-2-3-5-21(18)26/h2-7,13-16H,8-12H2,1H3,(H,28,29). The van der Waals surface area contributed by atoms with E-state index in [2.05, 4.69) is 0 Å². The molecule has 1 atom stereocenters. The number of aliphatic carboxylic acids is 1. The molecule has 0 saturated carbocycles. The lowest BCUT2D eigenvalue weighted by Gasteiger charge is -2.33. The van der Waals surface area contributed by atoms with Crippen LogP contribution >= 0.6 is 11.6 Å². The van der Waals surface area contributed by atoms with Crippen molar-refractivity contribution in [2.75, 3.05) is 13.1 Å². The maximum Gasteiger partial charge on any atom is 0.336 e. The van der Waals surface area contributed by atoms with E-state index in [-0.39, 0.29) is 18.2 Å². The maximum atomic E-state index is 12.8. The van der Waals surface area contributed by atoms with Gasteiger partial charge in [0, 0.05) is 53.2 Å². The number of carboxylic acid groups (broad SMARTS) is 1. The smallest absolute Gasteiger partial charge is 0.336 e. The summed E-state index contributed by atoms with van der Waals surface area (Å²) >= 11 is 6.33. The van der Waals surface area contributed by atoms with E-state index in [9.17, 15) is 14.4 Å². The molecule has 0 aliphatic carbocycles. The highest BCUT2D eigenvalue weighted by atomic mass is 35.5. The lowest BCUT2D eigenvalue weighted by atomic mass is 9.93. The maximum absolute atomic E-state index is 12.8. The second kappa shape index (κ2) is 9.67. The minimum absolute atomic E-state index is 0.0958. The van der Waals surface area contributed by atoms with Crippen LogP contribution in [0.5, 0.6) is 5.75 Å². The van der Waals surface area contributed by atoms with Gasteiger partial charge in [0.25, 0.3) is 5.91 Å². The molecule has 1 aliphatic rings. The zero-order valence-corrected chi connectivity index (χ0v) is 18.9. The Balaban J connectivity index is 1.50. The van der Waals surface area contributed by atoms with Crippen LogP contribution in [-0.2, 0) is 9.59 Å². The van der Waals surface area contributed by atoms with Gasteiger partial charge in [-0.3, -0.25) is 9.59 Å². The van der Waals surface area contributed by atoms with E-state index >= 15 is 0 Å². The van der Waals surface area contributed by atoms with Gasteiger partial charge in [0.2, 0.25) is 0 Å².